The number of nitrogens with zero attached hydrogens (tertiary/aromatic N) is 1. The average molecular weight is 336 g/mol. The SMILES string of the molecule is CC(C)(C)OC(=O)CCOc1cc(Cl)c(Cl)cc1[N+](=O)[O-]. The minimum absolute atomic E-state index is 0.0331. The molecular formula is C13H15Cl2NO5. The molecule has 0 saturated carbocycles. The highest BCUT2D eigenvalue weighted by Crippen LogP contribution is 2.35. The van der Waals surface area contributed by atoms with E-state index in [2.05, 4.69) is 0 Å². The van der Waals surface area contributed by atoms with Crippen LogP contribution >= 0.6 is 23.2 Å². The van der Waals surface area contributed by atoms with Gasteiger partial charge in [-0.15, -0.1) is 0 Å². The van der Waals surface area contributed by atoms with Crippen molar-refractivity contribution in [3.05, 3.63) is 32.3 Å². The highest BCUT2D eigenvalue weighted by molar-refractivity contribution is 6.42. The molecule has 0 heterocycles. The second-order valence-electron chi connectivity index (χ2n) is 5.18. The van der Waals surface area contributed by atoms with E-state index in [0.717, 1.165) is 6.07 Å². The minimum Gasteiger partial charge on any atom is -0.486 e. The molecule has 0 aliphatic rings. The molecule has 0 N–H and O–H groups in total. The number of carbonyl (C=O) groups is 1. The molecule has 21 heavy (non-hydrogen) atoms. The molecule has 8 heteroatoms. The van der Waals surface area contributed by atoms with Crippen molar-refractivity contribution in [2.24, 2.45) is 0 Å². The number of ether oxygens (including phenoxy) is 2. The first-order valence-corrected chi connectivity index (χ1v) is 6.84. The molecule has 0 bridgehead atoms. The van der Waals surface area contributed by atoms with Gasteiger partial charge in [0.2, 0.25) is 0 Å². The lowest BCUT2D eigenvalue weighted by atomic mass is 10.2. The van der Waals surface area contributed by atoms with Gasteiger partial charge in [-0.25, -0.2) is 0 Å². The zero-order chi connectivity index (χ0) is 16.2. The van der Waals surface area contributed by atoms with Crippen molar-refractivity contribution >= 4 is 34.9 Å². The predicted octanol–water partition coefficient (Wildman–Crippen LogP) is 4.01. The van der Waals surface area contributed by atoms with E-state index in [0.29, 0.717) is 0 Å². The Hall–Kier alpha value is -1.53. The topological polar surface area (TPSA) is 78.7 Å². The number of halogens is 2. The summed E-state index contributed by atoms with van der Waals surface area (Å²) in [6.45, 7) is 5.18. The van der Waals surface area contributed by atoms with Crippen LogP contribution in [0.1, 0.15) is 27.2 Å². The number of esters is 1. The fourth-order valence-corrected chi connectivity index (χ4v) is 1.72. The van der Waals surface area contributed by atoms with Crippen LogP contribution in [0.5, 0.6) is 5.75 Å². The van der Waals surface area contributed by atoms with Gasteiger partial charge in [-0.05, 0) is 20.8 Å². The van der Waals surface area contributed by atoms with E-state index < -0.39 is 16.5 Å². The lowest BCUT2D eigenvalue weighted by Crippen LogP contribution is -2.24. The Kier molecular flexibility index (Phi) is 5.80. The summed E-state index contributed by atoms with van der Waals surface area (Å²) in [5.74, 6) is -0.497. The molecule has 116 valence electrons. The first kappa shape index (κ1) is 17.5. The number of nitro benzene ring substituents is 1. The molecule has 0 spiro atoms. The summed E-state index contributed by atoms with van der Waals surface area (Å²) in [6, 6.07) is 2.35. The maximum Gasteiger partial charge on any atom is 0.312 e. The molecule has 0 saturated heterocycles. The predicted molar refractivity (Wildman–Crippen MR) is 79.1 cm³/mol. The molecule has 0 aliphatic heterocycles. The van der Waals surface area contributed by atoms with Gasteiger partial charge >= 0.3 is 11.7 Å². The highest BCUT2D eigenvalue weighted by Gasteiger charge is 2.20. The van der Waals surface area contributed by atoms with Gasteiger partial charge in [0.05, 0.1) is 28.0 Å². The van der Waals surface area contributed by atoms with Crippen LogP contribution in [-0.4, -0.2) is 23.1 Å². The largest absolute Gasteiger partial charge is 0.486 e. The van der Waals surface area contributed by atoms with Crippen molar-refractivity contribution < 1.29 is 19.2 Å². The summed E-state index contributed by atoms with van der Waals surface area (Å²) in [5.41, 5.74) is -0.902. The molecule has 0 fully saturated rings. The molecule has 0 radical (unpaired) electrons. The lowest BCUT2D eigenvalue weighted by molar-refractivity contribution is -0.385. The van der Waals surface area contributed by atoms with Crippen LogP contribution in [-0.2, 0) is 9.53 Å². The minimum atomic E-state index is -0.634. The van der Waals surface area contributed by atoms with E-state index in [9.17, 15) is 14.9 Å². The summed E-state index contributed by atoms with van der Waals surface area (Å²) < 4.78 is 10.3. The first-order chi connectivity index (χ1) is 9.60. The molecule has 0 unspecified atom stereocenters. The summed E-state index contributed by atoms with van der Waals surface area (Å²) in [4.78, 5) is 21.8. The third kappa shape index (κ3) is 5.77. The van der Waals surface area contributed by atoms with E-state index in [1.165, 1.54) is 6.07 Å². The lowest BCUT2D eigenvalue weighted by Gasteiger charge is -2.19. The molecule has 1 aromatic rings. The molecule has 6 nitrogen and oxygen atoms in total. The monoisotopic (exact) mass is 335 g/mol. The molecule has 0 atom stereocenters. The van der Waals surface area contributed by atoms with Crippen molar-refractivity contribution in [3.63, 3.8) is 0 Å². The summed E-state index contributed by atoms with van der Waals surface area (Å²) >= 11 is 11.5. The Morgan fingerprint density at radius 2 is 1.86 bits per heavy atom. The van der Waals surface area contributed by atoms with Gasteiger partial charge in [-0.1, -0.05) is 23.2 Å². The molecule has 0 aliphatic carbocycles. The standard InChI is InChI=1S/C13H15Cl2NO5/c1-13(2,3)21-12(17)4-5-20-11-7-9(15)8(14)6-10(11)16(18)19/h6-7H,4-5H2,1-3H3. The van der Waals surface area contributed by atoms with Crippen LogP contribution in [0.15, 0.2) is 12.1 Å². The summed E-state index contributed by atoms with van der Waals surface area (Å²) in [6.07, 6.45) is -0.0331. The van der Waals surface area contributed by atoms with Gasteiger partial charge in [0.15, 0.2) is 5.75 Å². The van der Waals surface area contributed by atoms with Gasteiger partial charge in [-0.3, -0.25) is 14.9 Å². The number of hydrogen-bond acceptors (Lipinski definition) is 5. The van der Waals surface area contributed by atoms with E-state index >= 15 is 0 Å². The Morgan fingerprint density at radius 1 is 1.29 bits per heavy atom. The Bertz CT molecular complexity index is 554. The maximum atomic E-state index is 11.5. The first-order valence-electron chi connectivity index (χ1n) is 6.08. The van der Waals surface area contributed by atoms with E-state index in [-0.39, 0.29) is 34.5 Å². The average Bonchev–Trinajstić information content (AvgIpc) is 2.30. The normalized spacial score (nSPS) is 11.1. The van der Waals surface area contributed by atoms with Crippen LogP contribution in [0.2, 0.25) is 10.0 Å². The van der Waals surface area contributed by atoms with E-state index in [4.69, 9.17) is 32.7 Å². The Balaban J connectivity index is 2.69. The molecule has 1 aromatic carbocycles. The van der Waals surface area contributed by atoms with Crippen molar-refractivity contribution in [1.29, 1.82) is 0 Å². The second kappa shape index (κ2) is 6.95. The third-order valence-electron chi connectivity index (χ3n) is 2.18. The van der Waals surface area contributed by atoms with Gasteiger partial charge in [0.1, 0.15) is 5.60 Å². The quantitative estimate of drug-likeness (QED) is 0.461. The van der Waals surface area contributed by atoms with Crippen LogP contribution in [0.3, 0.4) is 0 Å². The number of carbonyl (C=O) groups excluding carboxylic acids is 1. The van der Waals surface area contributed by atoms with Crippen molar-refractivity contribution in [3.8, 4) is 5.75 Å². The zero-order valence-corrected chi connectivity index (χ0v) is 13.3. The van der Waals surface area contributed by atoms with Crippen molar-refractivity contribution in [2.75, 3.05) is 6.61 Å². The van der Waals surface area contributed by atoms with Gasteiger partial charge < -0.3 is 9.47 Å². The second-order valence-corrected chi connectivity index (χ2v) is 5.99. The van der Waals surface area contributed by atoms with Crippen LogP contribution in [0.4, 0.5) is 5.69 Å². The van der Waals surface area contributed by atoms with Gasteiger partial charge in [0.25, 0.3) is 0 Å². The fourth-order valence-electron chi connectivity index (χ4n) is 1.41. The van der Waals surface area contributed by atoms with Gasteiger partial charge in [-0.2, -0.15) is 0 Å². The van der Waals surface area contributed by atoms with Crippen molar-refractivity contribution in [2.45, 2.75) is 32.8 Å². The molecule has 0 amide bonds. The number of rotatable bonds is 5. The molecule has 1 rings (SSSR count). The maximum absolute atomic E-state index is 11.5. The molecular weight excluding hydrogens is 321 g/mol. The van der Waals surface area contributed by atoms with E-state index in [1.807, 2.05) is 0 Å². The summed E-state index contributed by atoms with van der Waals surface area (Å²) in [5, 5.41) is 11.1. The number of hydrogen-bond donors (Lipinski definition) is 0. The van der Waals surface area contributed by atoms with Crippen LogP contribution in [0.25, 0.3) is 0 Å². The smallest absolute Gasteiger partial charge is 0.312 e. The van der Waals surface area contributed by atoms with E-state index in [1.54, 1.807) is 20.8 Å². The Labute approximate surface area is 132 Å². The Morgan fingerprint density at radius 3 is 2.38 bits per heavy atom. The van der Waals surface area contributed by atoms with Crippen LogP contribution < -0.4 is 4.74 Å². The molecule has 0 aromatic heterocycles. The van der Waals surface area contributed by atoms with Crippen LogP contribution in [0, 0.1) is 10.1 Å². The van der Waals surface area contributed by atoms with Crippen molar-refractivity contribution in [1.82, 2.24) is 0 Å². The summed E-state index contributed by atoms with van der Waals surface area (Å²) in [7, 11) is 0. The fraction of sp³-hybridized carbons (Fsp3) is 0.462. The zero-order valence-electron chi connectivity index (χ0n) is 11.8. The van der Waals surface area contributed by atoms with Gasteiger partial charge in [0, 0.05) is 12.1 Å². The third-order valence-corrected chi connectivity index (χ3v) is 2.90. The highest BCUT2D eigenvalue weighted by atomic mass is 35.5. The number of nitro groups is 1. The number of benzene rings is 1.